The smallest absolute Gasteiger partial charge is 0.0584 e. The van der Waals surface area contributed by atoms with Gasteiger partial charge >= 0.3 is 0 Å². The van der Waals surface area contributed by atoms with Crippen molar-refractivity contribution in [1.82, 2.24) is 4.90 Å². The highest BCUT2D eigenvalue weighted by Gasteiger charge is 2.19. The fourth-order valence-corrected chi connectivity index (χ4v) is 1.48. The lowest BCUT2D eigenvalue weighted by Gasteiger charge is -2.33. The number of piperidine rings is 1. The molecule has 1 unspecified atom stereocenters. The first-order chi connectivity index (χ1) is 5.24. The Hall–Kier alpha value is -0.120. The zero-order chi connectivity index (χ0) is 8.27. The van der Waals surface area contributed by atoms with Crippen LogP contribution in [-0.4, -0.2) is 41.8 Å². The Morgan fingerprint density at radius 2 is 2.09 bits per heavy atom. The number of likely N-dealkylation sites (tertiary alicyclic amines) is 1. The van der Waals surface area contributed by atoms with E-state index in [-0.39, 0.29) is 6.61 Å². The van der Waals surface area contributed by atoms with E-state index in [2.05, 4.69) is 11.8 Å². The molecule has 11 heavy (non-hydrogen) atoms. The van der Waals surface area contributed by atoms with E-state index in [0.717, 1.165) is 25.9 Å². The number of hydrogen-bond acceptors (Lipinski definition) is 3. The first kappa shape index (κ1) is 8.97. The fraction of sp³-hybridized carbons (Fsp3) is 1.00. The maximum Gasteiger partial charge on any atom is 0.0584 e. The molecule has 0 bridgehead atoms. The van der Waals surface area contributed by atoms with E-state index in [0.29, 0.717) is 12.1 Å². The van der Waals surface area contributed by atoms with E-state index >= 15 is 0 Å². The van der Waals surface area contributed by atoms with Gasteiger partial charge in [0.2, 0.25) is 0 Å². The Kier molecular flexibility index (Phi) is 3.30. The third kappa shape index (κ3) is 2.43. The number of nitrogens with two attached hydrogens (primary N) is 1. The number of aliphatic hydroxyl groups is 1. The first-order valence-electron chi connectivity index (χ1n) is 4.34. The average Bonchev–Trinajstić information content (AvgIpc) is 2.05. The van der Waals surface area contributed by atoms with Crippen LogP contribution in [0.4, 0.5) is 0 Å². The predicted octanol–water partition coefficient (Wildman–Crippen LogP) is -0.210. The molecular weight excluding hydrogens is 140 g/mol. The molecule has 0 aromatic carbocycles. The molecule has 1 fully saturated rings. The molecule has 3 heteroatoms. The van der Waals surface area contributed by atoms with Gasteiger partial charge in [-0.2, -0.15) is 0 Å². The lowest BCUT2D eigenvalue weighted by molar-refractivity contribution is 0.109. The van der Waals surface area contributed by atoms with Crippen LogP contribution in [0.5, 0.6) is 0 Å². The third-order valence-corrected chi connectivity index (χ3v) is 2.46. The monoisotopic (exact) mass is 158 g/mol. The van der Waals surface area contributed by atoms with Crippen molar-refractivity contribution in [2.45, 2.75) is 31.8 Å². The van der Waals surface area contributed by atoms with Gasteiger partial charge in [-0.3, -0.25) is 4.90 Å². The van der Waals surface area contributed by atoms with Crippen molar-refractivity contribution >= 4 is 0 Å². The minimum absolute atomic E-state index is 0.259. The van der Waals surface area contributed by atoms with E-state index < -0.39 is 0 Å². The summed E-state index contributed by atoms with van der Waals surface area (Å²) in [5, 5.41) is 8.88. The second-order valence-corrected chi connectivity index (χ2v) is 3.40. The second-order valence-electron chi connectivity index (χ2n) is 3.40. The molecule has 1 aliphatic heterocycles. The molecule has 1 aliphatic rings. The van der Waals surface area contributed by atoms with Crippen LogP contribution in [0, 0.1) is 0 Å². The summed E-state index contributed by atoms with van der Waals surface area (Å²) < 4.78 is 0. The fourth-order valence-electron chi connectivity index (χ4n) is 1.48. The Bertz CT molecular complexity index is 111. The SMILES string of the molecule is CC(CO)N1CCC(N)CC1. The Morgan fingerprint density at radius 1 is 1.55 bits per heavy atom. The summed E-state index contributed by atoms with van der Waals surface area (Å²) in [7, 11) is 0. The van der Waals surface area contributed by atoms with E-state index in [1.54, 1.807) is 0 Å². The van der Waals surface area contributed by atoms with E-state index in [9.17, 15) is 0 Å². The van der Waals surface area contributed by atoms with Crippen molar-refractivity contribution in [2.24, 2.45) is 5.73 Å². The normalized spacial score (nSPS) is 25.4. The van der Waals surface area contributed by atoms with E-state index in [1.807, 2.05) is 0 Å². The Labute approximate surface area is 68.2 Å². The minimum atomic E-state index is 0.259. The summed E-state index contributed by atoms with van der Waals surface area (Å²) in [6, 6.07) is 0.694. The van der Waals surface area contributed by atoms with Crippen LogP contribution in [0.15, 0.2) is 0 Å². The van der Waals surface area contributed by atoms with Crippen molar-refractivity contribution in [3.05, 3.63) is 0 Å². The van der Waals surface area contributed by atoms with Crippen LogP contribution < -0.4 is 5.73 Å². The molecule has 0 saturated carbocycles. The van der Waals surface area contributed by atoms with Gasteiger partial charge in [0.05, 0.1) is 6.61 Å². The van der Waals surface area contributed by atoms with Crippen molar-refractivity contribution < 1.29 is 5.11 Å². The molecule has 0 aromatic rings. The Balaban J connectivity index is 2.27. The molecule has 1 atom stereocenters. The summed E-state index contributed by atoms with van der Waals surface area (Å²) in [6.07, 6.45) is 2.15. The van der Waals surface area contributed by atoms with Gasteiger partial charge < -0.3 is 10.8 Å². The van der Waals surface area contributed by atoms with Crippen molar-refractivity contribution in [2.75, 3.05) is 19.7 Å². The van der Waals surface area contributed by atoms with Gasteiger partial charge in [-0.1, -0.05) is 0 Å². The number of hydrogen-bond donors (Lipinski definition) is 2. The summed E-state index contributed by atoms with van der Waals surface area (Å²) in [5.74, 6) is 0. The number of aliphatic hydroxyl groups excluding tert-OH is 1. The predicted molar refractivity (Wildman–Crippen MR) is 45.3 cm³/mol. The van der Waals surface area contributed by atoms with Crippen LogP contribution in [0.3, 0.4) is 0 Å². The zero-order valence-corrected chi connectivity index (χ0v) is 7.16. The lowest BCUT2D eigenvalue weighted by atomic mass is 10.0. The minimum Gasteiger partial charge on any atom is -0.395 e. The third-order valence-electron chi connectivity index (χ3n) is 2.46. The van der Waals surface area contributed by atoms with Crippen molar-refractivity contribution in [1.29, 1.82) is 0 Å². The standard InChI is InChI=1S/C8H18N2O/c1-7(6-11)10-4-2-8(9)3-5-10/h7-8,11H,2-6,9H2,1H3. The van der Waals surface area contributed by atoms with Crippen LogP contribution in [-0.2, 0) is 0 Å². The topological polar surface area (TPSA) is 49.5 Å². The molecule has 0 amide bonds. The van der Waals surface area contributed by atoms with Gasteiger partial charge in [-0.05, 0) is 32.9 Å². The van der Waals surface area contributed by atoms with Crippen molar-refractivity contribution in [3.8, 4) is 0 Å². The molecule has 0 radical (unpaired) electrons. The molecule has 3 nitrogen and oxygen atoms in total. The van der Waals surface area contributed by atoms with Gasteiger partial charge in [0.1, 0.15) is 0 Å². The van der Waals surface area contributed by atoms with Gasteiger partial charge in [-0.15, -0.1) is 0 Å². The van der Waals surface area contributed by atoms with E-state index in [1.165, 1.54) is 0 Å². The molecular formula is C8H18N2O. The van der Waals surface area contributed by atoms with Gasteiger partial charge in [0.25, 0.3) is 0 Å². The summed E-state index contributed by atoms with van der Waals surface area (Å²) >= 11 is 0. The highest BCUT2D eigenvalue weighted by molar-refractivity contribution is 4.77. The molecule has 3 N–H and O–H groups in total. The van der Waals surface area contributed by atoms with Gasteiger partial charge in [0.15, 0.2) is 0 Å². The molecule has 1 saturated heterocycles. The summed E-state index contributed by atoms with van der Waals surface area (Å²) in [5.41, 5.74) is 5.75. The molecule has 1 heterocycles. The zero-order valence-electron chi connectivity index (χ0n) is 7.16. The Morgan fingerprint density at radius 3 is 2.55 bits per heavy atom. The lowest BCUT2D eigenvalue weighted by Crippen LogP contribution is -2.45. The highest BCUT2D eigenvalue weighted by atomic mass is 16.3. The largest absolute Gasteiger partial charge is 0.395 e. The van der Waals surface area contributed by atoms with Crippen LogP contribution in [0.1, 0.15) is 19.8 Å². The van der Waals surface area contributed by atoms with Crippen LogP contribution in [0.25, 0.3) is 0 Å². The van der Waals surface area contributed by atoms with E-state index in [4.69, 9.17) is 10.8 Å². The van der Waals surface area contributed by atoms with Gasteiger partial charge in [-0.25, -0.2) is 0 Å². The van der Waals surface area contributed by atoms with Gasteiger partial charge in [0, 0.05) is 12.1 Å². The molecule has 66 valence electrons. The van der Waals surface area contributed by atoms with Crippen LogP contribution in [0.2, 0.25) is 0 Å². The second kappa shape index (κ2) is 4.04. The highest BCUT2D eigenvalue weighted by Crippen LogP contribution is 2.10. The summed E-state index contributed by atoms with van der Waals surface area (Å²) in [6.45, 7) is 4.40. The van der Waals surface area contributed by atoms with Crippen LogP contribution >= 0.6 is 0 Å². The molecule has 0 spiro atoms. The number of rotatable bonds is 2. The molecule has 0 aromatic heterocycles. The molecule has 0 aliphatic carbocycles. The maximum atomic E-state index is 8.88. The molecule has 1 rings (SSSR count). The quantitative estimate of drug-likeness (QED) is 0.584. The average molecular weight is 158 g/mol. The first-order valence-corrected chi connectivity index (χ1v) is 4.34. The maximum absolute atomic E-state index is 8.88. The number of nitrogens with zero attached hydrogens (tertiary/aromatic N) is 1. The summed E-state index contributed by atoms with van der Waals surface area (Å²) in [4.78, 5) is 2.30. The van der Waals surface area contributed by atoms with Crippen molar-refractivity contribution in [3.63, 3.8) is 0 Å².